The third kappa shape index (κ3) is 3.59. The molecule has 0 unspecified atom stereocenters. The summed E-state index contributed by atoms with van der Waals surface area (Å²) in [6.45, 7) is 2.20. The SMILES string of the molecule is Cc1oc(-c2ccccc2)nc1CCn1ccc2c(OCC(=O)O)ccnc21. The number of benzene rings is 1. The Labute approximate surface area is 161 Å². The van der Waals surface area contributed by atoms with E-state index in [1.807, 2.05) is 54.1 Å². The molecular formula is C21H19N3O4. The number of hydrogen-bond acceptors (Lipinski definition) is 5. The fraction of sp³-hybridized carbons (Fsp3) is 0.190. The maximum absolute atomic E-state index is 10.7. The number of carboxylic acid groups (broad SMARTS) is 1. The molecule has 0 aliphatic heterocycles. The average Bonchev–Trinajstić information content (AvgIpc) is 3.29. The number of hydrogen-bond donors (Lipinski definition) is 1. The molecule has 0 aliphatic carbocycles. The highest BCUT2D eigenvalue weighted by molar-refractivity contribution is 5.83. The van der Waals surface area contributed by atoms with Crippen molar-refractivity contribution in [2.24, 2.45) is 0 Å². The van der Waals surface area contributed by atoms with E-state index in [0.717, 1.165) is 28.1 Å². The lowest BCUT2D eigenvalue weighted by atomic mass is 10.2. The molecule has 4 aromatic rings. The Hall–Kier alpha value is -3.61. The van der Waals surface area contributed by atoms with Crippen molar-refractivity contribution < 1.29 is 19.1 Å². The number of nitrogens with zero attached hydrogens (tertiary/aromatic N) is 3. The fourth-order valence-corrected chi connectivity index (χ4v) is 3.10. The number of carboxylic acids is 1. The van der Waals surface area contributed by atoms with Gasteiger partial charge in [-0.05, 0) is 31.2 Å². The van der Waals surface area contributed by atoms with Gasteiger partial charge in [-0.1, -0.05) is 18.2 Å². The summed E-state index contributed by atoms with van der Waals surface area (Å²) in [5, 5.41) is 9.59. The van der Waals surface area contributed by atoms with Gasteiger partial charge in [-0.3, -0.25) is 0 Å². The van der Waals surface area contributed by atoms with Gasteiger partial charge in [-0.25, -0.2) is 14.8 Å². The molecule has 0 saturated heterocycles. The summed E-state index contributed by atoms with van der Waals surface area (Å²) in [6.07, 6.45) is 4.22. The number of carbonyl (C=O) groups is 1. The molecule has 1 aromatic carbocycles. The van der Waals surface area contributed by atoms with Crippen LogP contribution in [0.1, 0.15) is 11.5 Å². The van der Waals surface area contributed by atoms with Crippen LogP contribution in [-0.2, 0) is 17.8 Å². The van der Waals surface area contributed by atoms with Crippen molar-refractivity contribution in [1.29, 1.82) is 0 Å². The Bertz CT molecular complexity index is 1120. The van der Waals surface area contributed by atoms with Gasteiger partial charge in [0.05, 0.1) is 11.1 Å². The number of rotatable bonds is 7. The summed E-state index contributed by atoms with van der Waals surface area (Å²) in [7, 11) is 0. The summed E-state index contributed by atoms with van der Waals surface area (Å²) in [6, 6.07) is 13.4. The predicted molar refractivity (Wildman–Crippen MR) is 103 cm³/mol. The maximum Gasteiger partial charge on any atom is 0.341 e. The van der Waals surface area contributed by atoms with Crippen LogP contribution in [0.3, 0.4) is 0 Å². The number of aliphatic carboxylic acids is 1. The molecule has 3 aromatic heterocycles. The van der Waals surface area contributed by atoms with Crippen LogP contribution in [0.5, 0.6) is 5.75 Å². The predicted octanol–water partition coefficient (Wildman–Crippen LogP) is 3.71. The Balaban J connectivity index is 1.53. The fourth-order valence-electron chi connectivity index (χ4n) is 3.10. The molecule has 4 rings (SSSR count). The van der Waals surface area contributed by atoms with Crippen LogP contribution >= 0.6 is 0 Å². The molecule has 1 N–H and O–H groups in total. The van der Waals surface area contributed by atoms with E-state index >= 15 is 0 Å². The van der Waals surface area contributed by atoms with Gasteiger partial charge in [0.2, 0.25) is 5.89 Å². The highest BCUT2D eigenvalue weighted by Gasteiger charge is 2.13. The van der Waals surface area contributed by atoms with Crippen LogP contribution in [-0.4, -0.2) is 32.2 Å². The quantitative estimate of drug-likeness (QED) is 0.528. The molecule has 0 bridgehead atoms. The van der Waals surface area contributed by atoms with Gasteiger partial charge in [0, 0.05) is 30.9 Å². The lowest BCUT2D eigenvalue weighted by molar-refractivity contribution is -0.139. The van der Waals surface area contributed by atoms with E-state index in [4.69, 9.17) is 14.3 Å². The normalized spacial score (nSPS) is 11.0. The second-order valence-electron chi connectivity index (χ2n) is 6.38. The van der Waals surface area contributed by atoms with Crippen molar-refractivity contribution in [3.8, 4) is 17.2 Å². The zero-order chi connectivity index (χ0) is 19.5. The minimum Gasteiger partial charge on any atom is -0.481 e. The second kappa shape index (κ2) is 7.56. The minimum atomic E-state index is -1.01. The summed E-state index contributed by atoms with van der Waals surface area (Å²) < 4.78 is 13.2. The number of aromatic nitrogens is 3. The molecule has 3 heterocycles. The smallest absolute Gasteiger partial charge is 0.341 e. The topological polar surface area (TPSA) is 90.4 Å². The highest BCUT2D eigenvalue weighted by Crippen LogP contribution is 2.26. The summed E-state index contributed by atoms with van der Waals surface area (Å²) in [4.78, 5) is 19.8. The molecule has 7 heteroatoms. The molecule has 0 fully saturated rings. The van der Waals surface area contributed by atoms with Gasteiger partial charge in [0.15, 0.2) is 6.61 Å². The Morgan fingerprint density at radius 2 is 2.04 bits per heavy atom. The molecule has 0 radical (unpaired) electrons. The monoisotopic (exact) mass is 377 g/mol. The summed E-state index contributed by atoms with van der Waals surface area (Å²) >= 11 is 0. The van der Waals surface area contributed by atoms with E-state index in [-0.39, 0.29) is 6.61 Å². The van der Waals surface area contributed by atoms with Gasteiger partial charge in [-0.15, -0.1) is 0 Å². The van der Waals surface area contributed by atoms with Gasteiger partial charge < -0.3 is 18.8 Å². The maximum atomic E-state index is 10.7. The third-order valence-corrected chi connectivity index (χ3v) is 4.48. The lowest BCUT2D eigenvalue weighted by Gasteiger charge is -2.06. The van der Waals surface area contributed by atoms with Crippen molar-refractivity contribution >= 4 is 17.0 Å². The third-order valence-electron chi connectivity index (χ3n) is 4.48. The number of ether oxygens (including phenoxy) is 1. The number of fused-ring (bicyclic) bond motifs is 1. The summed E-state index contributed by atoms with van der Waals surface area (Å²) in [5.41, 5.74) is 2.59. The van der Waals surface area contributed by atoms with Crippen LogP contribution in [0.15, 0.2) is 59.3 Å². The first-order valence-electron chi connectivity index (χ1n) is 8.92. The van der Waals surface area contributed by atoms with E-state index in [1.165, 1.54) is 0 Å². The Kier molecular flexibility index (Phi) is 4.80. The molecule has 142 valence electrons. The van der Waals surface area contributed by atoms with E-state index in [1.54, 1.807) is 12.3 Å². The molecule has 0 aliphatic rings. The van der Waals surface area contributed by atoms with Crippen molar-refractivity contribution in [3.63, 3.8) is 0 Å². The molecule has 0 atom stereocenters. The van der Waals surface area contributed by atoms with Crippen LogP contribution in [0.2, 0.25) is 0 Å². The van der Waals surface area contributed by atoms with Crippen molar-refractivity contribution in [1.82, 2.24) is 14.5 Å². The molecule has 0 spiro atoms. The van der Waals surface area contributed by atoms with Gasteiger partial charge in [0.25, 0.3) is 0 Å². The van der Waals surface area contributed by atoms with Crippen molar-refractivity contribution in [3.05, 3.63) is 66.3 Å². The van der Waals surface area contributed by atoms with Gasteiger partial charge >= 0.3 is 5.97 Å². The largest absolute Gasteiger partial charge is 0.481 e. The van der Waals surface area contributed by atoms with E-state index < -0.39 is 5.97 Å². The molecule has 28 heavy (non-hydrogen) atoms. The Morgan fingerprint density at radius 1 is 1.21 bits per heavy atom. The first-order valence-corrected chi connectivity index (χ1v) is 8.92. The van der Waals surface area contributed by atoms with Gasteiger partial charge in [0.1, 0.15) is 17.2 Å². The number of aryl methyl sites for hydroxylation is 3. The van der Waals surface area contributed by atoms with E-state index in [2.05, 4.69) is 9.97 Å². The van der Waals surface area contributed by atoms with Crippen molar-refractivity contribution in [2.75, 3.05) is 6.61 Å². The average molecular weight is 377 g/mol. The standard InChI is InChI=1S/C21H19N3O4/c1-14-17(23-21(28-14)15-5-3-2-4-6-15)9-12-24-11-8-16-18(27-13-19(25)26)7-10-22-20(16)24/h2-8,10-11H,9,12-13H2,1H3,(H,25,26). The molecule has 0 amide bonds. The Morgan fingerprint density at radius 3 is 2.82 bits per heavy atom. The van der Waals surface area contributed by atoms with Crippen LogP contribution < -0.4 is 4.74 Å². The van der Waals surface area contributed by atoms with Gasteiger partial charge in [-0.2, -0.15) is 0 Å². The second-order valence-corrected chi connectivity index (χ2v) is 6.38. The number of oxazole rings is 1. The molecule has 7 nitrogen and oxygen atoms in total. The van der Waals surface area contributed by atoms with E-state index in [9.17, 15) is 4.79 Å². The first kappa shape index (κ1) is 17.8. The van der Waals surface area contributed by atoms with Crippen LogP contribution in [0.25, 0.3) is 22.5 Å². The van der Waals surface area contributed by atoms with Crippen LogP contribution in [0, 0.1) is 6.92 Å². The molecular weight excluding hydrogens is 358 g/mol. The first-order chi connectivity index (χ1) is 13.6. The number of pyridine rings is 1. The minimum absolute atomic E-state index is 0.384. The molecule has 0 saturated carbocycles. The highest BCUT2D eigenvalue weighted by atomic mass is 16.5. The van der Waals surface area contributed by atoms with Crippen molar-refractivity contribution in [2.45, 2.75) is 19.9 Å². The van der Waals surface area contributed by atoms with E-state index in [0.29, 0.717) is 24.6 Å². The summed E-state index contributed by atoms with van der Waals surface area (Å²) in [5.74, 6) is 0.914. The van der Waals surface area contributed by atoms with Crippen LogP contribution in [0.4, 0.5) is 0 Å². The lowest BCUT2D eigenvalue weighted by Crippen LogP contribution is -2.09. The zero-order valence-corrected chi connectivity index (χ0v) is 15.3. The zero-order valence-electron chi connectivity index (χ0n) is 15.3.